The first-order chi connectivity index (χ1) is 12.1. The summed E-state index contributed by atoms with van der Waals surface area (Å²) >= 11 is 0. The maximum atomic E-state index is 13.7. The van der Waals surface area contributed by atoms with E-state index >= 15 is 0 Å². The fraction of sp³-hybridized carbons (Fsp3) is 0.353. The minimum atomic E-state index is -0.784. The minimum Gasteiger partial charge on any atom is -0.353 e. The summed E-state index contributed by atoms with van der Waals surface area (Å²) in [6.07, 6.45) is 4.96. The summed E-state index contributed by atoms with van der Waals surface area (Å²) in [7, 11) is 0. The number of anilines is 2. The highest BCUT2D eigenvalue weighted by Crippen LogP contribution is 2.19. The highest BCUT2D eigenvalue weighted by atomic mass is 19.1. The first-order valence-corrected chi connectivity index (χ1v) is 8.06. The van der Waals surface area contributed by atoms with Crippen molar-refractivity contribution in [3.63, 3.8) is 0 Å². The molecule has 132 valence electrons. The van der Waals surface area contributed by atoms with Crippen LogP contribution in [0.1, 0.15) is 6.92 Å². The molecule has 1 aromatic heterocycles. The number of nitrogens with zero attached hydrogens (tertiary/aromatic N) is 4. The minimum absolute atomic E-state index is 0.405. The van der Waals surface area contributed by atoms with E-state index in [0.29, 0.717) is 26.2 Å². The number of para-hydroxylation sites is 1. The Bertz CT molecular complexity index is 715. The van der Waals surface area contributed by atoms with Gasteiger partial charge in [-0.15, -0.1) is 0 Å². The van der Waals surface area contributed by atoms with Gasteiger partial charge in [-0.2, -0.15) is 0 Å². The van der Waals surface area contributed by atoms with E-state index in [1.165, 1.54) is 6.07 Å². The van der Waals surface area contributed by atoms with Gasteiger partial charge in [-0.05, 0) is 19.1 Å². The van der Waals surface area contributed by atoms with Crippen molar-refractivity contribution in [1.82, 2.24) is 14.9 Å². The molecule has 1 aromatic carbocycles. The lowest BCUT2D eigenvalue weighted by molar-refractivity contribution is -0.120. The molecule has 3 rings (SSSR count). The van der Waals surface area contributed by atoms with Crippen LogP contribution in [-0.2, 0) is 4.79 Å². The van der Waals surface area contributed by atoms with E-state index in [1.807, 2.05) is 4.90 Å². The third-order valence-corrected chi connectivity index (χ3v) is 4.33. The van der Waals surface area contributed by atoms with Gasteiger partial charge in [0, 0.05) is 38.6 Å². The molecule has 2 heterocycles. The van der Waals surface area contributed by atoms with Crippen molar-refractivity contribution in [3.05, 3.63) is 48.4 Å². The van der Waals surface area contributed by atoms with Crippen molar-refractivity contribution < 1.29 is 13.6 Å². The quantitative estimate of drug-likeness (QED) is 0.915. The van der Waals surface area contributed by atoms with Crippen molar-refractivity contribution in [2.45, 2.75) is 13.0 Å². The lowest BCUT2D eigenvalue weighted by atomic mass is 10.2. The van der Waals surface area contributed by atoms with Crippen LogP contribution >= 0.6 is 0 Å². The number of nitrogens with one attached hydrogen (secondary N) is 1. The molecule has 1 N–H and O–H groups in total. The molecule has 0 radical (unpaired) electrons. The molecule has 0 aliphatic carbocycles. The summed E-state index contributed by atoms with van der Waals surface area (Å²) in [6, 6.07) is 2.99. The van der Waals surface area contributed by atoms with Crippen molar-refractivity contribution in [1.29, 1.82) is 0 Å². The molecule has 25 heavy (non-hydrogen) atoms. The predicted molar refractivity (Wildman–Crippen MR) is 90.3 cm³/mol. The Balaban J connectivity index is 1.59. The van der Waals surface area contributed by atoms with Crippen LogP contribution in [0, 0.1) is 11.6 Å². The van der Waals surface area contributed by atoms with Gasteiger partial charge in [-0.1, -0.05) is 6.07 Å². The monoisotopic (exact) mass is 347 g/mol. The first kappa shape index (κ1) is 17.2. The second kappa shape index (κ2) is 7.52. The maximum absolute atomic E-state index is 13.7. The number of carbonyl (C=O) groups excluding carboxylic acids is 1. The predicted octanol–water partition coefficient (Wildman–Crippen LogP) is 1.90. The van der Waals surface area contributed by atoms with Gasteiger partial charge in [0.2, 0.25) is 5.91 Å². The van der Waals surface area contributed by atoms with Gasteiger partial charge in [0.1, 0.15) is 23.1 Å². The third-order valence-electron chi connectivity index (χ3n) is 4.33. The Labute approximate surface area is 144 Å². The van der Waals surface area contributed by atoms with Crippen LogP contribution in [0.5, 0.6) is 0 Å². The van der Waals surface area contributed by atoms with E-state index in [2.05, 4.69) is 20.2 Å². The first-order valence-electron chi connectivity index (χ1n) is 8.06. The second-order valence-corrected chi connectivity index (χ2v) is 5.85. The SMILES string of the molecule is CC(C(=O)Nc1c(F)cccc1F)N1CCN(c2cnccn2)CC1. The molecule has 1 atom stereocenters. The van der Waals surface area contributed by atoms with Crippen molar-refractivity contribution >= 4 is 17.4 Å². The van der Waals surface area contributed by atoms with Gasteiger partial charge in [0.05, 0.1) is 12.2 Å². The average molecular weight is 347 g/mol. The Kier molecular flexibility index (Phi) is 5.18. The largest absolute Gasteiger partial charge is 0.353 e. The normalized spacial score (nSPS) is 16.5. The lowest BCUT2D eigenvalue weighted by Gasteiger charge is -2.37. The van der Waals surface area contributed by atoms with E-state index in [4.69, 9.17) is 0 Å². The molecule has 1 fully saturated rings. The molecule has 6 nitrogen and oxygen atoms in total. The summed E-state index contributed by atoms with van der Waals surface area (Å²) in [4.78, 5) is 24.7. The number of halogens is 2. The molecule has 8 heteroatoms. The van der Waals surface area contributed by atoms with Crippen LogP contribution in [0.4, 0.5) is 20.3 Å². The van der Waals surface area contributed by atoms with Crippen LogP contribution in [0.15, 0.2) is 36.8 Å². The fourth-order valence-corrected chi connectivity index (χ4v) is 2.80. The summed E-state index contributed by atoms with van der Waals surface area (Å²) < 4.78 is 27.3. The Morgan fingerprint density at radius 3 is 2.44 bits per heavy atom. The van der Waals surface area contributed by atoms with Crippen molar-refractivity contribution in [2.24, 2.45) is 0 Å². The summed E-state index contributed by atoms with van der Waals surface area (Å²) in [5.41, 5.74) is -0.405. The zero-order chi connectivity index (χ0) is 17.8. The molecule has 0 bridgehead atoms. The summed E-state index contributed by atoms with van der Waals surface area (Å²) in [5, 5.41) is 2.35. The molecular weight excluding hydrogens is 328 g/mol. The summed E-state index contributed by atoms with van der Waals surface area (Å²) in [6.45, 7) is 4.41. The Hall–Kier alpha value is -2.61. The van der Waals surface area contributed by atoms with Gasteiger partial charge < -0.3 is 10.2 Å². The van der Waals surface area contributed by atoms with E-state index < -0.39 is 29.3 Å². The van der Waals surface area contributed by atoms with Gasteiger partial charge >= 0.3 is 0 Å². The topological polar surface area (TPSA) is 61.4 Å². The molecule has 1 unspecified atom stereocenters. The Morgan fingerprint density at radius 1 is 1.16 bits per heavy atom. The number of amides is 1. The number of hydrogen-bond donors (Lipinski definition) is 1. The molecular formula is C17H19F2N5O. The number of carbonyl (C=O) groups is 1. The van der Waals surface area contributed by atoms with Crippen LogP contribution in [-0.4, -0.2) is 53.0 Å². The van der Waals surface area contributed by atoms with Crippen LogP contribution < -0.4 is 10.2 Å². The Morgan fingerprint density at radius 2 is 1.84 bits per heavy atom. The standard InChI is InChI=1S/C17H19F2N5O/c1-12(17(25)22-16-13(18)3-2-4-14(16)19)23-7-9-24(10-8-23)15-11-20-5-6-21-15/h2-6,11-12H,7-10H2,1H3,(H,22,25). The van der Waals surface area contributed by atoms with Crippen molar-refractivity contribution in [3.8, 4) is 0 Å². The number of benzene rings is 1. The second-order valence-electron chi connectivity index (χ2n) is 5.85. The molecule has 0 saturated carbocycles. The van der Waals surface area contributed by atoms with Gasteiger partial charge in [0.25, 0.3) is 0 Å². The highest BCUT2D eigenvalue weighted by Gasteiger charge is 2.27. The lowest BCUT2D eigenvalue weighted by Crippen LogP contribution is -2.53. The maximum Gasteiger partial charge on any atom is 0.241 e. The van der Waals surface area contributed by atoms with Crippen LogP contribution in [0.2, 0.25) is 0 Å². The molecule has 1 saturated heterocycles. The zero-order valence-electron chi connectivity index (χ0n) is 13.8. The van der Waals surface area contributed by atoms with Crippen LogP contribution in [0.25, 0.3) is 0 Å². The van der Waals surface area contributed by atoms with E-state index in [-0.39, 0.29) is 0 Å². The number of hydrogen-bond acceptors (Lipinski definition) is 5. The van der Waals surface area contributed by atoms with Gasteiger partial charge in [-0.3, -0.25) is 14.7 Å². The van der Waals surface area contributed by atoms with Crippen molar-refractivity contribution in [2.75, 3.05) is 36.4 Å². The molecule has 1 aliphatic rings. The van der Waals surface area contributed by atoms with Crippen LogP contribution in [0.3, 0.4) is 0 Å². The average Bonchev–Trinajstić information content (AvgIpc) is 2.65. The number of aromatic nitrogens is 2. The smallest absolute Gasteiger partial charge is 0.241 e. The number of piperazine rings is 1. The molecule has 2 aromatic rings. The number of rotatable bonds is 4. The van der Waals surface area contributed by atoms with Gasteiger partial charge in [-0.25, -0.2) is 13.8 Å². The zero-order valence-corrected chi connectivity index (χ0v) is 13.8. The fourth-order valence-electron chi connectivity index (χ4n) is 2.80. The van der Waals surface area contributed by atoms with E-state index in [1.54, 1.807) is 25.5 Å². The van der Waals surface area contributed by atoms with E-state index in [0.717, 1.165) is 18.0 Å². The van der Waals surface area contributed by atoms with E-state index in [9.17, 15) is 13.6 Å². The third kappa shape index (κ3) is 3.90. The van der Waals surface area contributed by atoms with Gasteiger partial charge in [0.15, 0.2) is 0 Å². The molecule has 1 amide bonds. The summed E-state index contributed by atoms with van der Waals surface area (Å²) in [5.74, 6) is -1.20. The highest BCUT2D eigenvalue weighted by molar-refractivity contribution is 5.94. The molecule has 1 aliphatic heterocycles. The molecule has 0 spiro atoms.